The number of thiophene rings is 1. The lowest BCUT2D eigenvalue weighted by Gasteiger charge is -2.17. The van der Waals surface area contributed by atoms with Gasteiger partial charge in [-0.3, -0.25) is 0 Å². The standard InChI is InChI=1S/C8H7NOS2/c10-6-8(3-5-12-9-8)7-2-1-4-11-7/h1-6,9H. The molecule has 2 heterocycles. The van der Waals surface area contributed by atoms with Gasteiger partial charge in [-0.15, -0.1) is 11.3 Å². The highest BCUT2D eigenvalue weighted by Gasteiger charge is 2.32. The molecule has 0 aliphatic carbocycles. The lowest BCUT2D eigenvalue weighted by molar-refractivity contribution is -0.111. The number of carbonyl (C=O) groups excluding carboxylic acids is 1. The zero-order valence-electron chi connectivity index (χ0n) is 6.19. The molecule has 12 heavy (non-hydrogen) atoms. The van der Waals surface area contributed by atoms with Gasteiger partial charge in [-0.05, 0) is 22.9 Å². The van der Waals surface area contributed by atoms with E-state index < -0.39 is 5.54 Å². The van der Waals surface area contributed by atoms with E-state index in [4.69, 9.17) is 0 Å². The first-order valence-corrected chi connectivity index (χ1v) is 5.24. The second kappa shape index (κ2) is 3.05. The molecule has 0 saturated carbocycles. The number of aldehydes is 1. The molecule has 1 aliphatic heterocycles. The van der Waals surface area contributed by atoms with Gasteiger partial charge in [0.05, 0.1) is 0 Å². The van der Waals surface area contributed by atoms with Crippen LogP contribution in [0.3, 0.4) is 0 Å². The molecule has 1 aromatic rings. The van der Waals surface area contributed by atoms with Crippen LogP contribution in [-0.4, -0.2) is 6.29 Å². The first-order chi connectivity index (χ1) is 5.87. The van der Waals surface area contributed by atoms with Crippen molar-refractivity contribution in [3.05, 3.63) is 33.9 Å². The van der Waals surface area contributed by atoms with Gasteiger partial charge in [-0.1, -0.05) is 18.0 Å². The van der Waals surface area contributed by atoms with Crippen molar-refractivity contribution in [2.75, 3.05) is 0 Å². The van der Waals surface area contributed by atoms with E-state index in [0.29, 0.717) is 0 Å². The van der Waals surface area contributed by atoms with Gasteiger partial charge in [0.2, 0.25) is 0 Å². The minimum atomic E-state index is -0.571. The fourth-order valence-electron chi connectivity index (χ4n) is 1.07. The van der Waals surface area contributed by atoms with Crippen molar-refractivity contribution in [3.8, 4) is 0 Å². The second-order valence-corrected chi connectivity index (χ2v) is 4.15. The summed E-state index contributed by atoms with van der Waals surface area (Å²) in [5.41, 5.74) is -0.571. The van der Waals surface area contributed by atoms with Crippen LogP contribution in [0.5, 0.6) is 0 Å². The smallest absolute Gasteiger partial charge is 0.150 e. The highest BCUT2D eigenvalue weighted by molar-refractivity contribution is 8.00. The maximum atomic E-state index is 10.9. The molecule has 62 valence electrons. The predicted octanol–water partition coefficient (Wildman–Crippen LogP) is 1.91. The summed E-state index contributed by atoms with van der Waals surface area (Å²) in [5, 5.41) is 3.87. The Kier molecular flexibility index (Phi) is 2.04. The molecule has 1 unspecified atom stereocenters. The largest absolute Gasteiger partial charge is 0.300 e. The van der Waals surface area contributed by atoms with Crippen LogP contribution in [0.2, 0.25) is 0 Å². The molecule has 0 amide bonds. The Labute approximate surface area is 78.8 Å². The molecule has 1 atom stereocenters. The van der Waals surface area contributed by atoms with Crippen LogP contribution in [0.1, 0.15) is 4.88 Å². The van der Waals surface area contributed by atoms with Crippen LogP contribution < -0.4 is 4.72 Å². The quantitative estimate of drug-likeness (QED) is 0.580. The third-order valence-electron chi connectivity index (χ3n) is 1.74. The average molecular weight is 197 g/mol. The molecule has 0 bridgehead atoms. The van der Waals surface area contributed by atoms with Gasteiger partial charge in [-0.2, -0.15) is 0 Å². The van der Waals surface area contributed by atoms with E-state index in [9.17, 15) is 4.79 Å². The van der Waals surface area contributed by atoms with Crippen LogP contribution in [0.15, 0.2) is 29.0 Å². The molecule has 2 nitrogen and oxygen atoms in total. The Morgan fingerprint density at radius 3 is 3.00 bits per heavy atom. The van der Waals surface area contributed by atoms with Crippen molar-refractivity contribution < 1.29 is 4.79 Å². The van der Waals surface area contributed by atoms with E-state index in [1.807, 2.05) is 29.0 Å². The number of nitrogens with one attached hydrogen (secondary N) is 1. The van der Waals surface area contributed by atoms with Gasteiger partial charge in [0, 0.05) is 4.88 Å². The molecule has 1 aliphatic rings. The van der Waals surface area contributed by atoms with Crippen LogP contribution in [0.25, 0.3) is 0 Å². The van der Waals surface area contributed by atoms with Crippen molar-refractivity contribution >= 4 is 29.6 Å². The Balaban J connectivity index is 2.41. The van der Waals surface area contributed by atoms with E-state index >= 15 is 0 Å². The summed E-state index contributed by atoms with van der Waals surface area (Å²) in [6.07, 6.45) is 2.83. The van der Waals surface area contributed by atoms with Crippen LogP contribution in [0.4, 0.5) is 0 Å². The Hall–Kier alpha value is -0.580. The lowest BCUT2D eigenvalue weighted by Crippen LogP contribution is -2.33. The van der Waals surface area contributed by atoms with Gasteiger partial charge < -0.3 is 4.79 Å². The first kappa shape index (κ1) is 8.04. The molecule has 4 heteroatoms. The molecule has 1 aromatic heterocycles. The predicted molar refractivity (Wildman–Crippen MR) is 51.9 cm³/mol. The molecular formula is C8H7NOS2. The fraction of sp³-hybridized carbons (Fsp3) is 0.125. The van der Waals surface area contributed by atoms with Crippen LogP contribution in [-0.2, 0) is 10.3 Å². The van der Waals surface area contributed by atoms with E-state index in [1.54, 1.807) is 11.3 Å². The van der Waals surface area contributed by atoms with Crippen molar-refractivity contribution in [3.63, 3.8) is 0 Å². The minimum Gasteiger partial charge on any atom is -0.300 e. The molecule has 0 saturated heterocycles. The molecule has 0 spiro atoms. The number of hydrogen-bond acceptors (Lipinski definition) is 4. The molecule has 0 aromatic carbocycles. The number of hydrogen-bond donors (Lipinski definition) is 1. The summed E-state index contributed by atoms with van der Waals surface area (Å²) in [6.45, 7) is 0. The van der Waals surface area contributed by atoms with Gasteiger partial charge in [0.15, 0.2) is 0 Å². The monoisotopic (exact) mass is 197 g/mol. The van der Waals surface area contributed by atoms with Crippen molar-refractivity contribution in [2.24, 2.45) is 0 Å². The van der Waals surface area contributed by atoms with Crippen molar-refractivity contribution in [2.45, 2.75) is 5.54 Å². The van der Waals surface area contributed by atoms with Gasteiger partial charge in [0.25, 0.3) is 0 Å². The van der Waals surface area contributed by atoms with Crippen molar-refractivity contribution in [1.82, 2.24) is 4.72 Å². The summed E-state index contributed by atoms with van der Waals surface area (Å²) < 4.78 is 3.07. The average Bonchev–Trinajstić information content (AvgIpc) is 2.76. The highest BCUT2D eigenvalue weighted by Crippen LogP contribution is 2.32. The third-order valence-corrected chi connectivity index (χ3v) is 3.49. The van der Waals surface area contributed by atoms with Crippen LogP contribution in [0, 0.1) is 0 Å². The van der Waals surface area contributed by atoms with Crippen molar-refractivity contribution in [1.29, 1.82) is 0 Å². The van der Waals surface area contributed by atoms with E-state index in [2.05, 4.69) is 4.72 Å². The molecule has 0 fully saturated rings. The maximum absolute atomic E-state index is 10.9. The topological polar surface area (TPSA) is 29.1 Å². The molecule has 1 N–H and O–H groups in total. The minimum absolute atomic E-state index is 0.571. The van der Waals surface area contributed by atoms with E-state index in [1.165, 1.54) is 11.9 Å². The Bertz CT molecular complexity index is 307. The summed E-state index contributed by atoms with van der Waals surface area (Å²) in [6, 6.07) is 3.91. The lowest BCUT2D eigenvalue weighted by atomic mass is 10.0. The molecule has 2 rings (SSSR count). The van der Waals surface area contributed by atoms with Gasteiger partial charge in [0.1, 0.15) is 11.8 Å². The summed E-state index contributed by atoms with van der Waals surface area (Å²) in [5.74, 6) is 0. The van der Waals surface area contributed by atoms with E-state index in [0.717, 1.165) is 11.2 Å². The summed E-state index contributed by atoms with van der Waals surface area (Å²) in [7, 11) is 0. The van der Waals surface area contributed by atoms with Gasteiger partial charge in [-0.25, -0.2) is 4.72 Å². The molecular weight excluding hydrogens is 190 g/mol. The normalized spacial score (nSPS) is 27.7. The summed E-state index contributed by atoms with van der Waals surface area (Å²) >= 11 is 3.03. The third kappa shape index (κ3) is 1.12. The number of carbonyl (C=O) groups is 1. The first-order valence-electron chi connectivity index (χ1n) is 3.48. The van der Waals surface area contributed by atoms with Crippen LogP contribution >= 0.6 is 23.3 Å². The Morgan fingerprint density at radius 1 is 1.58 bits per heavy atom. The number of rotatable bonds is 2. The summed E-state index contributed by atoms with van der Waals surface area (Å²) in [4.78, 5) is 11.9. The zero-order chi connectivity index (χ0) is 8.44. The van der Waals surface area contributed by atoms with E-state index in [-0.39, 0.29) is 0 Å². The highest BCUT2D eigenvalue weighted by atomic mass is 32.2. The zero-order valence-corrected chi connectivity index (χ0v) is 7.82. The SMILES string of the molecule is O=CC1(c2cccs2)C=CSN1. The Morgan fingerprint density at radius 2 is 2.50 bits per heavy atom. The van der Waals surface area contributed by atoms with Gasteiger partial charge >= 0.3 is 0 Å². The fourth-order valence-corrected chi connectivity index (χ4v) is 2.73. The molecule has 0 radical (unpaired) electrons. The maximum Gasteiger partial charge on any atom is 0.150 e. The second-order valence-electron chi connectivity index (χ2n) is 2.49.